The number of nitrogen functional groups attached to an aromatic ring is 1. The Labute approximate surface area is 137 Å². The fourth-order valence-electron chi connectivity index (χ4n) is 2.52. The van der Waals surface area contributed by atoms with Crippen molar-refractivity contribution in [3.05, 3.63) is 12.7 Å². The lowest BCUT2D eigenvalue weighted by Crippen LogP contribution is -2.35. The molecule has 2 aromatic heterocycles. The van der Waals surface area contributed by atoms with Crippen molar-refractivity contribution in [2.24, 2.45) is 0 Å². The van der Waals surface area contributed by atoms with E-state index in [1.807, 2.05) is 9.47 Å². The van der Waals surface area contributed by atoms with Gasteiger partial charge in [0.1, 0.15) is 30.2 Å². The molecule has 1 aliphatic rings. The lowest BCUT2D eigenvalue weighted by atomic mass is 10.1. The molecule has 0 bridgehead atoms. The average Bonchev–Trinajstić information content (AvgIpc) is 3.03. The van der Waals surface area contributed by atoms with E-state index >= 15 is 0 Å². The summed E-state index contributed by atoms with van der Waals surface area (Å²) in [7, 11) is -2.86. The summed E-state index contributed by atoms with van der Waals surface area (Å²) in [6, 6.07) is 0. The van der Waals surface area contributed by atoms with Crippen molar-refractivity contribution >= 4 is 34.3 Å². The molecule has 0 saturated carbocycles. The van der Waals surface area contributed by atoms with Crippen LogP contribution in [0.4, 0.5) is 5.82 Å². The Hall–Kier alpha value is -1.23. The molecule has 0 spiro atoms. The number of hydrogen-bond donors (Lipinski definition) is 4. The van der Waals surface area contributed by atoms with Gasteiger partial charge in [0.25, 0.3) is 0 Å². The number of anilines is 1. The van der Waals surface area contributed by atoms with E-state index < -0.39 is 32.4 Å². The highest BCUT2D eigenvalue weighted by molar-refractivity contribution is 7.46. The molecule has 0 aliphatic carbocycles. The standard InChI is InChI=1S/C10H15N5O7P2/c11-8-5-9(13-2-12-8)15(3-14-5)10-6(16)7(22-24(17,18)19)4(21-10)1-20-23/h2-4,6-7,10,16H,1,23H2,(H2,11,12,13)(H2,17,18,19)/t4-,6?,7?,10-/m1/s1. The summed E-state index contributed by atoms with van der Waals surface area (Å²) in [5, 5.41) is 10.4. The number of aliphatic hydroxyl groups excluding tert-OH is 1. The van der Waals surface area contributed by atoms with Crippen molar-refractivity contribution < 1.29 is 33.2 Å². The predicted octanol–water partition coefficient (Wildman–Crippen LogP) is -1.05. The van der Waals surface area contributed by atoms with E-state index in [2.05, 4.69) is 19.5 Å². The molecule has 1 saturated heterocycles. The van der Waals surface area contributed by atoms with Crippen LogP contribution in [0.1, 0.15) is 6.23 Å². The molecule has 0 radical (unpaired) electrons. The second-order valence-electron chi connectivity index (χ2n) is 5.03. The Kier molecular flexibility index (Phi) is 4.82. The van der Waals surface area contributed by atoms with E-state index in [9.17, 15) is 9.67 Å². The fraction of sp³-hybridized carbons (Fsp3) is 0.500. The number of rotatable bonds is 5. The third-order valence-electron chi connectivity index (χ3n) is 3.49. The van der Waals surface area contributed by atoms with Gasteiger partial charge in [0.2, 0.25) is 0 Å². The van der Waals surface area contributed by atoms with Crippen molar-refractivity contribution in [3.63, 3.8) is 0 Å². The Bertz CT molecular complexity index is 782. The van der Waals surface area contributed by atoms with E-state index in [4.69, 9.17) is 24.8 Å². The maximum Gasteiger partial charge on any atom is 0.470 e. The molecule has 5 N–H and O–H groups in total. The van der Waals surface area contributed by atoms with Crippen LogP contribution in [0.3, 0.4) is 0 Å². The maximum absolute atomic E-state index is 11.1. The van der Waals surface area contributed by atoms with Gasteiger partial charge in [0, 0.05) is 9.47 Å². The summed E-state index contributed by atoms with van der Waals surface area (Å²) in [5.74, 6) is 0.152. The summed E-state index contributed by atoms with van der Waals surface area (Å²) in [6.07, 6.45) is -2.13. The minimum absolute atomic E-state index is 0.0767. The molecule has 14 heteroatoms. The third-order valence-corrected chi connectivity index (χ3v) is 4.20. The van der Waals surface area contributed by atoms with Crippen LogP contribution in [0.5, 0.6) is 0 Å². The number of fused-ring (bicyclic) bond motifs is 1. The first-order valence-electron chi connectivity index (χ1n) is 6.64. The fourth-order valence-corrected chi connectivity index (χ4v) is 3.29. The SMILES string of the molecule is Nc1ncnc2c1ncn2[C@@H]1O[C@H](COP)C(OP(=O)(O)O)C1O. The normalized spacial score (nSPS) is 27.8. The molecular weight excluding hydrogens is 364 g/mol. The quantitative estimate of drug-likeness (QED) is 0.466. The first kappa shape index (κ1) is 17.6. The zero-order valence-electron chi connectivity index (χ0n) is 12.0. The molecule has 3 unspecified atom stereocenters. The molecule has 3 rings (SSSR count). The number of hydrogen-bond acceptors (Lipinski definition) is 9. The molecule has 1 fully saturated rings. The van der Waals surface area contributed by atoms with Crippen LogP contribution in [0, 0.1) is 0 Å². The number of phosphoric acid groups is 1. The zero-order valence-corrected chi connectivity index (χ0v) is 14.1. The van der Waals surface area contributed by atoms with Crippen molar-refractivity contribution in [2.75, 3.05) is 12.3 Å². The second kappa shape index (κ2) is 6.58. The first-order valence-corrected chi connectivity index (χ1v) is 8.64. The highest BCUT2D eigenvalue weighted by atomic mass is 31.2. The van der Waals surface area contributed by atoms with Gasteiger partial charge in [0.05, 0.1) is 12.9 Å². The minimum Gasteiger partial charge on any atom is -0.386 e. The Morgan fingerprint density at radius 3 is 2.83 bits per heavy atom. The molecule has 24 heavy (non-hydrogen) atoms. The van der Waals surface area contributed by atoms with Crippen molar-refractivity contribution in [1.29, 1.82) is 0 Å². The first-order chi connectivity index (χ1) is 11.3. The smallest absolute Gasteiger partial charge is 0.386 e. The van der Waals surface area contributed by atoms with Crippen LogP contribution in [0.15, 0.2) is 12.7 Å². The van der Waals surface area contributed by atoms with Crippen LogP contribution in [-0.2, 0) is 18.3 Å². The number of nitrogens with zero attached hydrogens (tertiary/aromatic N) is 4. The summed E-state index contributed by atoms with van der Waals surface area (Å²) >= 11 is 0. The largest absolute Gasteiger partial charge is 0.470 e. The van der Waals surface area contributed by atoms with Gasteiger partial charge in [-0.15, -0.1) is 0 Å². The molecular formula is C10H15N5O7P2. The third kappa shape index (κ3) is 3.28. The van der Waals surface area contributed by atoms with E-state index in [0.717, 1.165) is 0 Å². The molecule has 1 aliphatic heterocycles. The average molecular weight is 379 g/mol. The molecule has 0 aromatic carbocycles. The van der Waals surface area contributed by atoms with Crippen molar-refractivity contribution in [2.45, 2.75) is 24.5 Å². The monoisotopic (exact) mass is 379 g/mol. The second-order valence-corrected chi connectivity index (χ2v) is 6.56. The number of aromatic nitrogens is 4. The van der Waals surface area contributed by atoms with E-state index in [-0.39, 0.29) is 12.4 Å². The summed E-state index contributed by atoms with van der Waals surface area (Å²) in [6.45, 7) is -0.0767. The topological polar surface area (TPSA) is 175 Å². The Balaban J connectivity index is 1.95. The summed E-state index contributed by atoms with van der Waals surface area (Å²) in [4.78, 5) is 30.0. The molecule has 132 valence electrons. The molecule has 12 nitrogen and oxygen atoms in total. The zero-order chi connectivity index (χ0) is 17.5. The lowest BCUT2D eigenvalue weighted by molar-refractivity contribution is -0.0455. The summed E-state index contributed by atoms with van der Waals surface area (Å²) in [5.41, 5.74) is 6.32. The number of ether oxygens (including phenoxy) is 1. The van der Waals surface area contributed by atoms with Crippen LogP contribution in [0.2, 0.25) is 0 Å². The molecule has 5 atom stereocenters. The van der Waals surface area contributed by atoms with Gasteiger partial charge in [-0.25, -0.2) is 19.5 Å². The summed E-state index contributed by atoms with van der Waals surface area (Å²) < 4.78 is 27.7. The van der Waals surface area contributed by atoms with E-state index in [0.29, 0.717) is 11.2 Å². The van der Waals surface area contributed by atoms with Gasteiger partial charge in [-0.05, 0) is 0 Å². The Morgan fingerprint density at radius 2 is 2.17 bits per heavy atom. The van der Waals surface area contributed by atoms with Gasteiger partial charge in [-0.2, -0.15) is 0 Å². The van der Waals surface area contributed by atoms with E-state index in [1.165, 1.54) is 17.2 Å². The number of imidazole rings is 1. The van der Waals surface area contributed by atoms with Gasteiger partial charge in [-0.1, -0.05) is 0 Å². The van der Waals surface area contributed by atoms with Gasteiger partial charge >= 0.3 is 7.82 Å². The molecule has 0 amide bonds. The van der Waals surface area contributed by atoms with Crippen LogP contribution in [-0.4, -0.2) is 59.3 Å². The van der Waals surface area contributed by atoms with Crippen LogP contribution >= 0.6 is 17.3 Å². The highest BCUT2D eigenvalue weighted by Crippen LogP contribution is 2.44. The van der Waals surface area contributed by atoms with Gasteiger partial charge in [-0.3, -0.25) is 9.09 Å². The highest BCUT2D eigenvalue weighted by Gasteiger charge is 2.48. The van der Waals surface area contributed by atoms with Gasteiger partial charge in [0.15, 0.2) is 17.7 Å². The van der Waals surface area contributed by atoms with Crippen molar-refractivity contribution in [3.8, 4) is 0 Å². The maximum atomic E-state index is 11.1. The van der Waals surface area contributed by atoms with E-state index in [1.54, 1.807) is 0 Å². The number of phosphoric ester groups is 1. The predicted molar refractivity (Wildman–Crippen MR) is 82.2 cm³/mol. The lowest BCUT2D eigenvalue weighted by Gasteiger charge is -2.20. The molecule has 3 heterocycles. The minimum atomic E-state index is -4.85. The van der Waals surface area contributed by atoms with Crippen LogP contribution < -0.4 is 5.73 Å². The van der Waals surface area contributed by atoms with Crippen LogP contribution in [0.25, 0.3) is 11.2 Å². The Morgan fingerprint density at radius 1 is 1.42 bits per heavy atom. The van der Waals surface area contributed by atoms with Crippen molar-refractivity contribution in [1.82, 2.24) is 19.5 Å². The number of nitrogens with two attached hydrogens (primary N) is 1. The van der Waals surface area contributed by atoms with Gasteiger partial charge < -0.3 is 29.9 Å². The molecule has 2 aromatic rings. The number of aliphatic hydroxyl groups is 1.